The molecule has 5 nitrogen and oxygen atoms in total. The molecule has 1 aliphatic carbocycles. The zero-order valence-corrected chi connectivity index (χ0v) is 7.97. The van der Waals surface area contributed by atoms with Gasteiger partial charge in [0.15, 0.2) is 6.34 Å². The Morgan fingerprint density at radius 1 is 1.58 bits per heavy atom. The Bertz CT molecular complexity index is 120. The van der Waals surface area contributed by atoms with Crippen LogP contribution < -0.4 is 11.2 Å². The van der Waals surface area contributed by atoms with Gasteiger partial charge in [0.2, 0.25) is 0 Å². The van der Waals surface area contributed by atoms with Crippen molar-refractivity contribution in [2.45, 2.75) is 25.3 Å². The quantitative estimate of drug-likeness (QED) is 0.202. The zero-order chi connectivity index (χ0) is 8.53. The van der Waals surface area contributed by atoms with E-state index >= 15 is 0 Å². The van der Waals surface area contributed by atoms with E-state index in [2.05, 4.69) is 21.4 Å². The molecule has 0 bridgehead atoms. The zero-order valence-electron chi connectivity index (χ0n) is 7.16. The maximum Gasteiger partial charge on any atom is 0.156 e. The first kappa shape index (κ1) is 13.9. The number of hydrogen-bond acceptors (Lipinski definition) is 4. The molecule has 0 saturated heterocycles. The second-order valence-corrected chi connectivity index (χ2v) is 2.31. The maximum absolute atomic E-state index is 6.00. The molecule has 12 heavy (non-hydrogen) atoms. The van der Waals surface area contributed by atoms with E-state index in [-0.39, 0.29) is 12.4 Å². The average molecular weight is 194 g/mol. The molecule has 0 radical (unpaired) electrons. The third-order valence-electron chi connectivity index (χ3n) is 1.64. The van der Waals surface area contributed by atoms with Gasteiger partial charge in [0.1, 0.15) is 0 Å². The molecule has 1 saturated carbocycles. The van der Waals surface area contributed by atoms with E-state index in [1.165, 1.54) is 19.3 Å². The lowest BCUT2D eigenvalue weighted by atomic mass is 9.94. The van der Waals surface area contributed by atoms with Gasteiger partial charge in [-0.05, 0) is 19.9 Å². The second-order valence-electron chi connectivity index (χ2n) is 2.31. The summed E-state index contributed by atoms with van der Waals surface area (Å²) in [6.07, 6.45) is 5.18. The number of nitrogens with one attached hydrogen (secondary N) is 2. The second kappa shape index (κ2) is 10.3. The van der Waals surface area contributed by atoms with Gasteiger partial charge in [0.05, 0.1) is 0 Å². The molecular weight excluding hydrogens is 178 g/mol. The molecule has 1 fully saturated rings. The van der Waals surface area contributed by atoms with Crippen LogP contribution in [0.5, 0.6) is 0 Å². The summed E-state index contributed by atoms with van der Waals surface area (Å²) in [5.74, 6) is 4.49. The number of halogens is 1. The van der Waals surface area contributed by atoms with Gasteiger partial charge in [-0.15, -0.1) is 17.5 Å². The van der Waals surface area contributed by atoms with Gasteiger partial charge in [0, 0.05) is 6.04 Å². The van der Waals surface area contributed by atoms with Crippen molar-refractivity contribution >= 4 is 18.7 Å². The van der Waals surface area contributed by atoms with E-state index < -0.39 is 0 Å². The third kappa shape index (κ3) is 7.43. The fraction of sp³-hybridized carbons (Fsp3) is 0.833. The third-order valence-corrected chi connectivity index (χ3v) is 1.64. The monoisotopic (exact) mass is 193 g/mol. The Morgan fingerprint density at radius 2 is 2.17 bits per heavy atom. The summed E-state index contributed by atoms with van der Waals surface area (Å²) in [6, 6.07) is 0.866. The SMILES string of the molecule is CNC1CCC1.Cl.N=NC=NN. The predicted molar refractivity (Wildman–Crippen MR) is 51.8 cm³/mol. The Balaban J connectivity index is 0. The number of rotatable bonds is 2. The van der Waals surface area contributed by atoms with E-state index in [9.17, 15) is 0 Å². The van der Waals surface area contributed by atoms with Crippen LogP contribution >= 0.6 is 12.4 Å². The summed E-state index contributed by atoms with van der Waals surface area (Å²) in [5, 5.41) is 8.76. The predicted octanol–water partition coefficient (Wildman–Crippen LogP) is 1.10. The van der Waals surface area contributed by atoms with Crippen LogP contribution in [-0.4, -0.2) is 19.4 Å². The van der Waals surface area contributed by atoms with Gasteiger partial charge in [-0.2, -0.15) is 5.10 Å². The largest absolute Gasteiger partial charge is 0.322 e. The van der Waals surface area contributed by atoms with Crippen LogP contribution in [0.2, 0.25) is 0 Å². The van der Waals surface area contributed by atoms with E-state index in [0.29, 0.717) is 0 Å². The summed E-state index contributed by atoms with van der Waals surface area (Å²) < 4.78 is 0. The van der Waals surface area contributed by atoms with Crippen LogP contribution in [0.15, 0.2) is 10.2 Å². The molecule has 0 aromatic rings. The highest BCUT2D eigenvalue weighted by Crippen LogP contribution is 2.16. The first-order valence-electron chi connectivity index (χ1n) is 3.60. The van der Waals surface area contributed by atoms with Gasteiger partial charge >= 0.3 is 0 Å². The topological polar surface area (TPSA) is 86.6 Å². The molecule has 4 N–H and O–H groups in total. The molecule has 0 aromatic heterocycles. The van der Waals surface area contributed by atoms with Gasteiger partial charge in [0.25, 0.3) is 0 Å². The summed E-state index contributed by atoms with van der Waals surface area (Å²) in [7, 11) is 2.03. The Hall–Kier alpha value is -0.680. The molecule has 0 heterocycles. The minimum atomic E-state index is 0. The first-order chi connectivity index (χ1) is 5.35. The van der Waals surface area contributed by atoms with Crippen LogP contribution in [0.1, 0.15) is 19.3 Å². The van der Waals surface area contributed by atoms with E-state index in [1.807, 2.05) is 7.05 Å². The maximum atomic E-state index is 6.00. The number of nitrogens with two attached hydrogens (primary N) is 1. The van der Waals surface area contributed by atoms with Crippen LogP contribution in [0.4, 0.5) is 0 Å². The highest BCUT2D eigenvalue weighted by molar-refractivity contribution is 5.85. The van der Waals surface area contributed by atoms with E-state index in [4.69, 9.17) is 5.53 Å². The molecule has 0 atom stereocenters. The highest BCUT2D eigenvalue weighted by atomic mass is 35.5. The molecule has 0 spiro atoms. The standard InChI is InChI=1S/C5H11N.CH4N4.ClH/c1-6-5-3-2-4-5;2-4-1-5-3;/h5-6H,2-4H2,1H3;1-2H,3H2;1H. The lowest BCUT2D eigenvalue weighted by molar-refractivity contribution is 0.361. The van der Waals surface area contributed by atoms with Gasteiger partial charge < -0.3 is 11.2 Å². The molecule has 0 unspecified atom stereocenters. The molecule has 6 heteroatoms. The lowest BCUT2D eigenvalue weighted by Crippen LogP contribution is -2.31. The van der Waals surface area contributed by atoms with Crippen molar-refractivity contribution in [1.82, 2.24) is 5.32 Å². The van der Waals surface area contributed by atoms with Gasteiger partial charge in [-0.1, -0.05) is 6.42 Å². The van der Waals surface area contributed by atoms with Gasteiger partial charge in [-0.3, -0.25) is 0 Å². The van der Waals surface area contributed by atoms with Crippen molar-refractivity contribution in [1.29, 1.82) is 5.53 Å². The van der Waals surface area contributed by atoms with E-state index in [1.54, 1.807) is 0 Å². The molecule has 0 amide bonds. The highest BCUT2D eigenvalue weighted by Gasteiger charge is 2.13. The smallest absolute Gasteiger partial charge is 0.156 e. The molecule has 0 aliphatic heterocycles. The summed E-state index contributed by atoms with van der Waals surface area (Å²) in [6.45, 7) is 0. The number of hydrazone groups is 1. The van der Waals surface area contributed by atoms with E-state index in [0.717, 1.165) is 12.4 Å². The van der Waals surface area contributed by atoms with Crippen molar-refractivity contribution in [3.63, 3.8) is 0 Å². The fourth-order valence-corrected chi connectivity index (χ4v) is 0.730. The molecule has 0 aromatic carbocycles. The molecule has 1 aliphatic rings. The van der Waals surface area contributed by atoms with Crippen molar-refractivity contribution < 1.29 is 0 Å². The molecule has 1 rings (SSSR count). The number of hydrogen-bond donors (Lipinski definition) is 3. The van der Waals surface area contributed by atoms with Crippen molar-refractivity contribution in [2.24, 2.45) is 16.1 Å². The van der Waals surface area contributed by atoms with Crippen molar-refractivity contribution in [2.75, 3.05) is 7.05 Å². The lowest BCUT2D eigenvalue weighted by Gasteiger charge is -2.23. The van der Waals surface area contributed by atoms with Crippen LogP contribution in [0.3, 0.4) is 0 Å². The summed E-state index contributed by atoms with van der Waals surface area (Å²) in [4.78, 5) is 0. The fourth-order valence-electron chi connectivity index (χ4n) is 0.730. The van der Waals surface area contributed by atoms with Crippen molar-refractivity contribution in [3.8, 4) is 0 Å². The molecule has 72 valence electrons. The Kier molecular flexibility index (Phi) is 11.9. The van der Waals surface area contributed by atoms with Crippen LogP contribution in [-0.2, 0) is 0 Å². The first-order valence-corrected chi connectivity index (χ1v) is 3.60. The van der Waals surface area contributed by atoms with Gasteiger partial charge in [-0.25, -0.2) is 5.53 Å². The Labute approximate surface area is 78.7 Å². The Morgan fingerprint density at radius 3 is 2.17 bits per heavy atom. The van der Waals surface area contributed by atoms with Crippen molar-refractivity contribution in [3.05, 3.63) is 0 Å². The molecular formula is C6H16ClN5. The summed E-state index contributed by atoms with van der Waals surface area (Å²) in [5.41, 5.74) is 6.00. The minimum absolute atomic E-state index is 0. The normalized spacial score (nSPS) is 15.4. The average Bonchev–Trinajstić information content (AvgIpc) is 1.88. The summed E-state index contributed by atoms with van der Waals surface area (Å²) >= 11 is 0. The van der Waals surface area contributed by atoms with Crippen LogP contribution in [0.25, 0.3) is 0 Å². The minimum Gasteiger partial charge on any atom is -0.322 e. The van der Waals surface area contributed by atoms with Crippen LogP contribution in [0, 0.1) is 5.53 Å². The number of nitrogens with zero attached hydrogens (tertiary/aromatic N) is 2.